The molecule has 3 aromatic rings. The molecule has 0 aliphatic carbocycles. The first-order chi connectivity index (χ1) is 12.5. The molecule has 0 bridgehead atoms. The van der Waals surface area contributed by atoms with E-state index in [1.807, 2.05) is 55.5 Å². The fourth-order valence-electron chi connectivity index (χ4n) is 2.97. The Morgan fingerprint density at radius 1 is 1.15 bits per heavy atom. The molecule has 0 saturated carbocycles. The summed E-state index contributed by atoms with van der Waals surface area (Å²) in [6.45, 7) is 4.92. The van der Waals surface area contributed by atoms with E-state index < -0.39 is 0 Å². The van der Waals surface area contributed by atoms with Crippen LogP contribution in [0, 0.1) is 13.8 Å². The number of carbonyl (C=O) groups is 1. The summed E-state index contributed by atoms with van der Waals surface area (Å²) in [4.78, 5) is 16.9. The Balaban J connectivity index is 1.66. The summed E-state index contributed by atoms with van der Waals surface area (Å²) in [6.07, 6.45) is 2.65. The maximum absolute atomic E-state index is 12.6. The molecule has 2 heterocycles. The molecular formula is C21H21ClN2OS. The van der Waals surface area contributed by atoms with Gasteiger partial charge in [0, 0.05) is 34.7 Å². The summed E-state index contributed by atoms with van der Waals surface area (Å²) in [5.41, 5.74) is 4.19. The van der Waals surface area contributed by atoms with Crippen molar-refractivity contribution in [3.8, 4) is 0 Å². The highest BCUT2D eigenvalue weighted by atomic mass is 35.5. The zero-order valence-corrected chi connectivity index (χ0v) is 16.5. The lowest BCUT2D eigenvalue weighted by Crippen LogP contribution is -2.08. The maximum atomic E-state index is 12.6. The van der Waals surface area contributed by atoms with Gasteiger partial charge in [0.05, 0.1) is 10.8 Å². The number of hydrogen-bond acceptors (Lipinski definition) is 3. The van der Waals surface area contributed by atoms with Crippen molar-refractivity contribution in [1.82, 2.24) is 9.55 Å². The fourth-order valence-corrected chi connectivity index (χ4v) is 3.84. The van der Waals surface area contributed by atoms with Gasteiger partial charge in [0.15, 0.2) is 5.78 Å². The minimum Gasteiger partial charge on any atom is -0.348 e. The number of carbonyl (C=O) groups excluding carboxylic acids is 1. The normalized spacial score (nSPS) is 10.9. The van der Waals surface area contributed by atoms with Crippen LogP contribution in [-0.2, 0) is 13.0 Å². The van der Waals surface area contributed by atoms with Gasteiger partial charge in [-0.05, 0) is 56.2 Å². The van der Waals surface area contributed by atoms with Crippen LogP contribution < -0.4 is 0 Å². The zero-order valence-electron chi connectivity index (χ0n) is 14.9. The SMILES string of the molecule is Cc1cc(C(=O)CSc2ccccn2)c(C)n1CCc1ccc(Cl)cc1. The van der Waals surface area contributed by atoms with Crippen molar-refractivity contribution >= 4 is 29.1 Å². The average molecular weight is 385 g/mol. The maximum Gasteiger partial charge on any atom is 0.174 e. The molecule has 0 aliphatic rings. The first kappa shape index (κ1) is 18.7. The lowest BCUT2D eigenvalue weighted by atomic mass is 10.1. The number of rotatable bonds is 7. The molecule has 26 heavy (non-hydrogen) atoms. The summed E-state index contributed by atoms with van der Waals surface area (Å²) < 4.78 is 2.22. The van der Waals surface area contributed by atoms with Gasteiger partial charge in [-0.25, -0.2) is 4.98 Å². The van der Waals surface area contributed by atoms with Gasteiger partial charge in [0.1, 0.15) is 0 Å². The Morgan fingerprint density at radius 3 is 2.62 bits per heavy atom. The third kappa shape index (κ3) is 4.57. The minimum absolute atomic E-state index is 0.145. The lowest BCUT2D eigenvalue weighted by molar-refractivity contribution is 0.102. The number of aryl methyl sites for hydroxylation is 2. The van der Waals surface area contributed by atoms with Gasteiger partial charge < -0.3 is 4.57 Å². The molecule has 0 atom stereocenters. The molecule has 5 heteroatoms. The van der Waals surface area contributed by atoms with E-state index in [-0.39, 0.29) is 5.78 Å². The number of halogens is 1. The number of pyridine rings is 1. The van der Waals surface area contributed by atoms with Gasteiger partial charge in [-0.2, -0.15) is 0 Å². The van der Waals surface area contributed by atoms with Crippen LogP contribution in [-0.4, -0.2) is 21.1 Å². The van der Waals surface area contributed by atoms with Crippen LogP contribution in [0.5, 0.6) is 0 Å². The molecular weight excluding hydrogens is 364 g/mol. The first-order valence-electron chi connectivity index (χ1n) is 8.53. The van der Waals surface area contributed by atoms with Gasteiger partial charge in [-0.3, -0.25) is 4.79 Å². The van der Waals surface area contributed by atoms with Crippen LogP contribution in [0.15, 0.2) is 59.8 Å². The van der Waals surface area contributed by atoms with E-state index in [0.29, 0.717) is 5.75 Å². The van der Waals surface area contributed by atoms with Gasteiger partial charge in [-0.1, -0.05) is 41.6 Å². The third-order valence-electron chi connectivity index (χ3n) is 4.40. The lowest BCUT2D eigenvalue weighted by Gasteiger charge is -2.10. The highest BCUT2D eigenvalue weighted by Gasteiger charge is 2.16. The van der Waals surface area contributed by atoms with Crippen molar-refractivity contribution in [2.75, 3.05) is 5.75 Å². The van der Waals surface area contributed by atoms with Crippen LogP contribution >= 0.6 is 23.4 Å². The van der Waals surface area contributed by atoms with Crippen molar-refractivity contribution in [2.24, 2.45) is 0 Å². The van der Waals surface area contributed by atoms with E-state index in [4.69, 9.17) is 11.6 Å². The second kappa shape index (κ2) is 8.56. The summed E-state index contributed by atoms with van der Waals surface area (Å²) in [5.74, 6) is 0.546. The molecule has 0 aliphatic heterocycles. The summed E-state index contributed by atoms with van der Waals surface area (Å²) in [5, 5.41) is 1.62. The Kier molecular flexibility index (Phi) is 6.17. The Labute approximate surface area is 163 Å². The monoisotopic (exact) mass is 384 g/mol. The van der Waals surface area contributed by atoms with Crippen molar-refractivity contribution in [1.29, 1.82) is 0 Å². The molecule has 134 valence electrons. The standard InChI is InChI=1S/C21H21ClN2OS/c1-15-13-19(20(25)14-26-21-5-3-4-11-23-21)16(2)24(15)12-10-17-6-8-18(22)9-7-17/h3-9,11,13H,10,12,14H2,1-2H3. The van der Waals surface area contributed by atoms with Crippen molar-refractivity contribution in [3.63, 3.8) is 0 Å². The highest BCUT2D eigenvalue weighted by Crippen LogP contribution is 2.21. The van der Waals surface area contributed by atoms with Gasteiger partial charge in [0.2, 0.25) is 0 Å². The van der Waals surface area contributed by atoms with Gasteiger partial charge >= 0.3 is 0 Å². The third-order valence-corrected chi connectivity index (χ3v) is 5.60. The molecule has 0 spiro atoms. The highest BCUT2D eigenvalue weighted by molar-refractivity contribution is 7.99. The van der Waals surface area contributed by atoms with Crippen molar-refractivity contribution < 1.29 is 4.79 Å². The Bertz CT molecular complexity index is 888. The minimum atomic E-state index is 0.145. The molecule has 3 rings (SSSR count). The number of aromatic nitrogens is 2. The first-order valence-corrected chi connectivity index (χ1v) is 9.89. The van der Waals surface area contributed by atoms with E-state index in [1.165, 1.54) is 17.3 Å². The molecule has 1 aromatic carbocycles. The predicted molar refractivity (Wildman–Crippen MR) is 108 cm³/mol. The predicted octanol–water partition coefficient (Wildman–Crippen LogP) is 5.37. The number of nitrogens with zero attached hydrogens (tertiary/aromatic N) is 2. The topological polar surface area (TPSA) is 34.9 Å². The molecule has 0 saturated heterocycles. The second-order valence-corrected chi connectivity index (χ2v) is 7.62. The number of Topliss-reactive ketones (excluding diaryl/α,β-unsaturated/α-hetero) is 1. The van der Waals surface area contributed by atoms with E-state index in [1.54, 1.807) is 6.20 Å². The van der Waals surface area contributed by atoms with E-state index in [9.17, 15) is 4.79 Å². The van der Waals surface area contributed by atoms with E-state index in [2.05, 4.69) is 16.5 Å². The van der Waals surface area contributed by atoms with Crippen LogP contribution in [0.3, 0.4) is 0 Å². The molecule has 3 nitrogen and oxygen atoms in total. The van der Waals surface area contributed by atoms with Crippen molar-refractivity contribution in [2.45, 2.75) is 31.8 Å². The quantitative estimate of drug-likeness (QED) is 0.405. The molecule has 2 aromatic heterocycles. The summed E-state index contributed by atoms with van der Waals surface area (Å²) >= 11 is 7.42. The van der Waals surface area contributed by atoms with Gasteiger partial charge in [-0.15, -0.1) is 0 Å². The zero-order chi connectivity index (χ0) is 18.5. The largest absolute Gasteiger partial charge is 0.348 e. The van der Waals surface area contributed by atoms with Crippen LogP contribution in [0.2, 0.25) is 5.02 Å². The Hall–Kier alpha value is -2.04. The molecule has 0 radical (unpaired) electrons. The summed E-state index contributed by atoms with van der Waals surface area (Å²) in [6, 6.07) is 15.7. The van der Waals surface area contributed by atoms with Crippen molar-refractivity contribution in [3.05, 3.63) is 82.3 Å². The fraction of sp³-hybridized carbons (Fsp3) is 0.238. The second-order valence-electron chi connectivity index (χ2n) is 6.19. The number of hydrogen-bond donors (Lipinski definition) is 0. The van der Waals surface area contributed by atoms with Gasteiger partial charge in [0.25, 0.3) is 0 Å². The number of benzene rings is 1. The average Bonchev–Trinajstić information content (AvgIpc) is 2.94. The molecule has 0 amide bonds. The molecule has 0 fully saturated rings. The van der Waals surface area contributed by atoms with E-state index in [0.717, 1.165) is 40.0 Å². The number of thioether (sulfide) groups is 1. The van der Waals surface area contributed by atoms with Crippen LogP contribution in [0.25, 0.3) is 0 Å². The Morgan fingerprint density at radius 2 is 1.92 bits per heavy atom. The van der Waals surface area contributed by atoms with E-state index >= 15 is 0 Å². The van der Waals surface area contributed by atoms with Crippen LogP contribution in [0.1, 0.15) is 27.3 Å². The number of ketones is 1. The summed E-state index contributed by atoms with van der Waals surface area (Å²) in [7, 11) is 0. The smallest absolute Gasteiger partial charge is 0.174 e. The van der Waals surface area contributed by atoms with Crippen LogP contribution in [0.4, 0.5) is 0 Å². The molecule has 0 N–H and O–H groups in total. The molecule has 0 unspecified atom stereocenters.